The molecular weight excluding hydrogens is 270 g/mol. The molecule has 2 aromatic rings. The van der Waals surface area contributed by atoms with Crippen molar-refractivity contribution in [1.29, 1.82) is 0 Å². The van der Waals surface area contributed by atoms with Gasteiger partial charge < -0.3 is 10.6 Å². The lowest BCUT2D eigenvalue weighted by molar-refractivity contribution is -0.114. The number of benzene rings is 1. The average molecular weight is 289 g/mol. The number of carbonyl (C=O) groups is 1. The Hall–Kier alpha value is -1.72. The van der Waals surface area contributed by atoms with Gasteiger partial charge in [-0.3, -0.25) is 4.79 Å². The summed E-state index contributed by atoms with van der Waals surface area (Å²) >= 11 is 1.68. The Labute approximate surface area is 123 Å². The Bertz CT molecular complexity index is 537. The predicted molar refractivity (Wildman–Crippen MR) is 82.7 cm³/mol. The Morgan fingerprint density at radius 3 is 2.65 bits per heavy atom. The van der Waals surface area contributed by atoms with Crippen LogP contribution in [-0.4, -0.2) is 10.9 Å². The molecule has 4 nitrogen and oxygen atoms in total. The molecule has 1 amide bonds. The van der Waals surface area contributed by atoms with Gasteiger partial charge in [-0.1, -0.05) is 19.1 Å². The van der Waals surface area contributed by atoms with Gasteiger partial charge in [-0.05, 0) is 24.1 Å². The van der Waals surface area contributed by atoms with Crippen molar-refractivity contribution in [2.24, 2.45) is 0 Å². The third-order valence-corrected chi connectivity index (χ3v) is 3.87. The van der Waals surface area contributed by atoms with Gasteiger partial charge in [0.1, 0.15) is 5.01 Å². The maximum atomic E-state index is 11.0. The topological polar surface area (TPSA) is 54.0 Å². The zero-order valence-corrected chi connectivity index (χ0v) is 12.5. The molecule has 5 heteroatoms. The lowest BCUT2D eigenvalue weighted by atomic mass is 10.1. The van der Waals surface area contributed by atoms with E-state index in [0.29, 0.717) is 6.04 Å². The summed E-state index contributed by atoms with van der Waals surface area (Å²) in [6, 6.07) is 8.18. The molecule has 2 rings (SSSR count). The van der Waals surface area contributed by atoms with E-state index in [2.05, 4.69) is 22.5 Å². The van der Waals surface area contributed by atoms with Gasteiger partial charge in [0, 0.05) is 30.7 Å². The summed E-state index contributed by atoms with van der Waals surface area (Å²) in [6.45, 7) is 4.45. The van der Waals surface area contributed by atoms with E-state index < -0.39 is 0 Å². The highest BCUT2D eigenvalue weighted by Crippen LogP contribution is 2.19. The Kier molecular flexibility index (Phi) is 5.26. The van der Waals surface area contributed by atoms with E-state index in [4.69, 9.17) is 0 Å². The molecule has 106 valence electrons. The SMILES string of the molecule is CCC(NCc1ccc(NC(C)=O)cc1)c1nccs1. The monoisotopic (exact) mass is 289 g/mol. The minimum atomic E-state index is -0.0503. The zero-order valence-electron chi connectivity index (χ0n) is 11.7. The number of thiazole rings is 1. The lowest BCUT2D eigenvalue weighted by Gasteiger charge is -2.14. The van der Waals surface area contributed by atoms with Gasteiger partial charge in [0.25, 0.3) is 0 Å². The summed E-state index contributed by atoms with van der Waals surface area (Å²) in [5.74, 6) is -0.0503. The highest BCUT2D eigenvalue weighted by Gasteiger charge is 2.10. The number of amides is 1. The van der Waals surface area contributed by atoms with Crippen LogP contribution < -0.4 is 10.6 Å². The smallest absolute Gasteiger partial charge is 0.221 e. The fourth-order valence-corrected chi connectivity index (χ4v) is 2.76. The fourth-order valence-electron chi connectivity index (χ4n) is 1.96. The molecule has 1 unspecified atom stereocenters. The second-order valence-electron chi connectivity index (χ2n) is 4.59. The molecular formula is C15H19N3OS. The maximum Gasteiger partial charge on any atom is 0.221 e. The van der Waals surface area contributed by atoms with Gasteiger partial charge in [-0.25, -0.2) is 4.98 Å². The number of nitrogens with one attached hydrogen (secondary N) is 2. The lowest BCUT2D eigenvalue weighted by Crippen LogP contribution is -2.20. The van der Waals surface area contributed by atoms with Crippen molar-refractivity contribution in [3.8, 4) is 0 Å². The van der Waals surface area contributed by atoms with E-state index in [1.54, 1.807) is 11.3 Å². The van der Waals surface area contributed by atoms with Crippen LogP contribution in [0.15, 0.2) is 35.8 Å². The molecule has 1 heterocycles. The Morgan fingerprint density at radius 2 is 2.10 bits per heavy atom. The minimum absolute atomic E-state index is 0.0503. The predicted octanol–water partition coefficient (Wildman–Crippen LogP) is 3.34. The molecule has 20 heavy (non-hydrogen) atoms. The second-order valence-corrected chi connectivity index (χ2v) is 5.52. The summed E-state index contributed by atoms with van der Waals surface area (Å²) in [5.41, 5.74) is 2.02. The number of rotatable bonds is 6. The summed E-state index contributed by atoms with van der Waals surface area (Å²) in [6.07, 6.45) is 2.85. The Balaban J connectivity index is 1.91. The van der Waals surface area contributed by atoms with Gasteiger partial charge in [0.05, 0.1) is 6.04 Å². The van der Waals surface area contributed by atoms with Crippen molar-refractivity contribution in [2.45, 2.75) is 32.9 Å². The van der Waals surface area contributed by atoms with Gasteiger partial charge in [-0.15, -0.1) is 11.3 Å². The largest absolute Gasteiger partial charge is 0.326 e. The molecule has 0 aliphatic carbocycles. The van der Waals surface area contributed by atoms with E-state index in [-0.39, 0.29) is 5.91 Å². The summed E-state index contributed by atoms with van der Waals surface area (Å²) in [7, 11) is 0. The number of aromatic nitrogens is 1. The van der Waals surface area contributed by atoms with Crippen LogP contribution in [0.5, 0.6) is 0 Å². The molecule has 0 radical (unpaired) electrons. The van der Waals surface area contributed by atoms with Crippen LogP contribution in [-0.2, 0) is 11.3 Å². The van der Waals surface area contributed by atoms with Crippen molar-refractivity contribution in [2.75, 3.05) is 5.32 Å². The first-order valence-electron chi connectivity index (χ1n) is 6.68. The number of hydrogen-bond donors (Lipinski definition) is 2. The van der Waals surface area contributed by atoms with Crippen molar-refractivity contribution >= 4 is 22.9 Å². The molecule has 0 fully saturated rings. The molecule has 0 aliphatic rings. The molecule has 0 saturated heterocycles. The normalized spacial score (nSPS) is 12.1. The van der Waals surface area contributed by atoms with Gasteiger partial charge in [-0.2, -0.15) is 0 Å². The van der Waals surface area contributed by atoms with Crippen molar-refractivity contribution < 1.29 is 4.79 Å². The first-order chi connectivity index (χ1) is 9.69. The van der Waals surface area contributed by atoms with Crippen LogP contribution >= 0.6 is 11.3 Å². The third-order valence-electron chi connectivity index (χ3n) is 2.98. The van der Waals surface area contributed by atoms with E-state index in [1.807, 2.05) is 35.8 Å². The Morgan fingerprint density at radius 1 is 1.35 bits per heavy atom. The van der Waals surface area contributed by atoms with Crippen LogP contribution in [0.4, 0.5) is 5.69 Å². The van der Waals surface area contributed by atoms with Gasteiger partial charge in [0.15, 0.2) is 0 Å². The first kappa shape index (κ1) is 14.7. The van der Waals surface area contributed by atoms with E-state index in [9.17, 15) is 4.79 Å². The van der Waals surface area contributed by atoms with Crippen molar-refractivity contribution in [3.05, 3.63) is 46.4 Å². The highest BCUT2D eigenvalue weighted by atomic mass is 32.1. The molecule has 0 bridgehead atoms. The average Bonchev–Trinajstić information content (AvgIpc) is 2.95. The summed E-state index contributed by atoms with van der Waals surface area (Å²) in [4.78, 5) is 15.3. The molecule has 0 aliphatic heterocycles. The van der Waals surface area contributed by atoms with E-state index in [0.717, 1.165) is 23.7 Å². The molecule has 0 spiro atoms. The van der Waals surface area contributed by atoms with Crippen LogP contribution in [0.3, 0.4) is 0 Å². The summed E-state index contributed by atoms with van der Waals surface area (Å²) in [5, 5.41) is 9.40. The van der Waals surface area contributed by atoms with Crippen LogP contribution in [0.2, 0.25) is 0 Å². The van der Waals surface area contributed by atoms with Crippen LogP contribution in [0, 0.1) is 0 Å². The molecule has 1 atom stereocenters. The second kappa shape index (κ2) is 7.17. The van der Waals surface area contributed by atoms with E-state index >= 15 is 0 Å². The van der Waals surface area contributed by atoms with Crippen molar-refractivity contribution in [3.63, 3.8) is 0 Å². The zero-order chi connectivity index (χ0) is 14.4. The standard InChI is InChI=1S/C15H19N3OS/c1-3-14(15-16-8-9-20-15)17-10-12-4-6-13(7-5-12)18-11(2)19/h4-9,14,17H,3,10H2,1-2H3,(H,18,19). The molecule has 2 N–H and O–H groups in total. The molecule has 1 aromatic heterocycles. The summed E-state index contributed by atoms with van der Waals surface area (Å²) < 4.78 is 0. The maximum absolute atomic E-state index is 11.0. The van der Waals surface area contributed by atoms with E-state index in [1.165, 1.54) is 12.5 Å². The fraction of sp³-hybridized carbons (Fsp3) is 0.333. The van der Waals surface area contributed by atoms with Crippen LogP contribution in [0.1, 0.15) is 36.9 Å². The molecule has 1 aromatic carbocycles. The number of carbonyl (C=O) groups excluding carboxylic acids is 1. The number of anilines is 1. The van der Waals surface area contributed by atoms with Crippen LogP contribution in [0.25, 0.3) is 0 Å². The highest BCUT2D eigenvalue weighted by molar-refractivity contribution is 7.09. The molecule has 0 saturated carbocycles. The van der Waals surface area contributed by atoms with Crippen molar-refractivity contribution in [1.82, 2.24) is 10.3 Å². The quantitative estimate of drug-likeness (QED) is 0.857. The number of hydrogen-bond acceptors (Lipinski definition) is 4. The third kappa shape index (κ3) is 4.15. The van der Waals surface area contributed by atoms with Gasteiger partial charge >= 0.3 is 0 Å². The number of nitrogens with zero attached hydrogens (tertiary/aromatic N) is 1. The van der Waals surface area contributed by atoms with Gasteiger partial charge in [0.2, 0.25) is 5.91 Å². The first-order valence-corrected chi connectivity index (χ1v) is 7.56. The minimum Gasteiger partial charge on any atom is -0.326 e.